The molecule has 0 unspecified atom stereocenters. The molecule has 1 aliphatic carbocycles. The van der Waals surface area contributed by atoms with Crippen molar-refractivity contribution in [2.75, 3.05) is 6.61 Å². The second-order valence-corrected chi connectivity index (χ2v) is 6.80. The topological polar surface area (TPSA) is 55.0 Å². The zero-order valence-corrected chi connectivity index (χ0v) is 14.1. The first kappa shape index (κ1) is 15.2. The Hall–Kier alpha value is -2.33. The van der Waals surface area contributed by atoms with Crippen LogP contribution in [0.15, 0.2) is 42.5 Å². The van der Waals surface area contributed by atoms with Gasteiger partial charge in [-0.25, -0.2) is 4.98 Å². The number of nitrogens with zero attached hydrogens (tertiary/aromatic N) is 1. The third-order valence-electron chi connectivity index (χ3n) is 4.64. The Kier molecular flexibility index (Phi) is 3.57. The molecule has 2 aromatic heterocycles. The predicted octanol–water partition coefficient (Wildman–Crippen LogP) is 4.48. The molecule has 0 radical (unpaired) electrons. The summed E-state index contributed by atoms with van der Waals surface area (Å²) in [5, 5.41) is 1.59. The third kappa shape index (κ3) is 2.78. The van der Waals surface area contributed by atoms with Crippen LogP contribution < -0.4 is 0 Å². The summed E-state index contributed by atoms with van der Waals surface area (Å²) in [7, 11) is 0. The molecular weight excluding hydrogens is 324 g/mol. The Morgan fingerprint density at radius 2 is 2.00 bits per heavy atom. The number of esters is 1. The van der Waals surface area contributed by atoms with Gasteiger partial charge in [0.2, 0.25) is 0 Å². The van der Waals surface area contributed by atoms with Gasteiger partial charge in [0.25, 0.3) is 0 Å². The summed E-state index contributed by atoms with van der Waals surface area (Å²) in [5.41, 5.74) is 3.97. The number of rotatable bonds is 4. The molecule has 1 fully saturated rings. The number of pyridine rings is 1. The van der Waals surface area contributed by atoms with Crippen LogP contribution in [-0.2, 0) is 14.9 Å². The van der Waals surface area contributed by atoms with Crippen molar-refractivity contribution in [3.8, 4) is 11.3 Å². The molecule has 1 N–H and O–H groups in total. The zero-order valence-electron chi connectivity index (χ0n) is 13.3. The lowest BCUT2D eigenvalue weighted by Crippen LogP contribution is -2.17. The van der Waals surface area contributed by atoms with Crippen molar-refractivity contribution >= 4 is 28.6 Å². The van der Waals surface area contributed by atoms with E-state index in [1.165, 1.54) is 12.5 Å². The summed E-state index contributed by atoms with van der Waals surface area (Å²) in [6, 6.07) is 14.2. The van der Waals surface area contributed by atoms with E-state index in [-0.39, 0.29) is 11.4 Å². The molecule has 0 aliphatic heterocycles. The van der Waals surface area contributed by atoms with E-state index in [0.717, 1.165) is 35.1 Å². The monoisotopic (exact) mass is 340 g/mol. The molecule has 0 atom stereocenters. The fraction of sp³-hybridized carbons (Fsp3) is 0.263. The van der Waals surface area contributed by atoms with Gasteiger partial charge in [0.05, 0.1) is 5.69 Å². The van der Waals surface area contributed by atoms with Crippen molar-refractivity contribution in [1.29, 1.82) is 0 Å². The summed E-state index contributed by atoms with van der Waals surface area (Å²) in [5.74, 6) is -0.222. The van der Waals surface area contributed by atoms with Gasteiger partial charge in [0.1, 0.15) is 17.4 Å². The molecule has 0 spiro atoms. The average Bonchev–Trinajstić information content (AvgIpc) is 3.27. The lowest BCUT2D eigenvalue weighted by molar-refractivity contribution is -0.141. The van der Waals surface area contributed by atoms with Gasteiger partial charge in [0, 0.05) is 23.3 Å². The summed E-state index contributed by atoms with van der Waals surface area (Å²) < 4.78 is 5.22. The molecule has 1 aromatic carbocycles. The van der Waals surface area contributed by atoms with Crippen LogP contribution in [0.25, 0.3) is 22.3 Å². The summed E-state index contributed by atoms with van der Waals surface area (Å²) in [6.45, 7) is 1.92. The van der Waals surface area contributed by atoms with Crippen LogP contribution in [0.3, 0.4) is 0 Å². The summed E-state index contributed by atoms with van der Waals surface area (Å²) in [6.07, 6.45) is 2.12. The Morgan fingerprint density at radius 3 is 2.67 bits per heavy atom. The highest BCUT2D eigenvalue weighted by Gasteiger charge is 2.45. The van der Waals surface area contributed by atoms with E-state index in [9.17, 15) is 4.79 Å². The number of halogens is 1. The van der Waals surface area contributed by atoms with Gasteiger partial charge < -0.3 is 9.72 Å². The number of hydrogen-bond acceptors (Lipinski definition) is 3. The minimum atomic E-state index is -0.222. The van der Waals surface area contributed by atoms with E-state index in [4.69, 9.17) is 16.3 Å². The maximum atomic E-state index is 11.1. The van der Waals surface area contributed by atoms with Crippen molar-refractivity contribution in [3.05, 3.63) is 53.2 Å². The Bertz CT molecular complexity index is 911. The minimum absolute atomic E-state index is 0.00850. The molecule has 0 saturated heterocycles. The molecular formula is C19H17ClN2O2. The Balaban J connectivity index is 1.59. The molecule has 5 heteroatoms. The van der Waals surface area contributed by atoms with Gasteiger partial charge in [-0.3, -0.25) is 4.79 Å². The quantitative estimate of drug-likeness (QED) is 0.712. The molecule has 1 aliphatic rings. The second kappa shape index (κ2) is 5.64. The number of aromatic nitrogens is 2. The van der Waals surface area contributed by atoms with Crippen LogP contribution in [0, 0.1) is 0 Å². The van der Waals surface area contributed by atoms with E-state index >= 15 is 0 Å². The average molecular weight is 341 g/mol. The number of H-pyrrole nitrogens is 1. The Morgan fingerprint density at radius 1 is 1.25 bits per heavy atom. The van der Waals surface area contributed by atoms with Crippen molar-refractivity contribution in [2.24, 2.45) is 0 Å². The largest absolute Gasteiger partial charge is 0.465 e. The number of aromatic amines is 1. The molecule has 3 aromatic rings. The standard InChI is InChI=1S/C19H17ClN2O2/c1-12(23)24-11-19(8-9-19)15-5-2-13(3-6-15)16-7-4-14-10-17(20)22-18(14)21-16/h2-7,10H,8-9,11H2,1H3,(H,21,22). The van der Waals surface area contributed by atoms with Crippen molar-refractivity contribution in [1.82, 2.24) is 9.97 Å². The Labute approximate surface area is 144 Å². The third-order valence-corrected chi connectivity index (χ3v) is 4.85. The first-order valence-electron chi connectivity index (χ1n) is 7.95. The SMILES string of the molecule is CC(=O)OCC1(c2ccc(-c3ccc4cc(Cl)[nH]c4n3)cc2)CC1. The number of nitrogens with one attached hydrogen (secondary N) is 1. The molecule has 122 valence electrons. The minimum Gasteiger partial charge on any atom is -0.465 e. The van der Waals surface area contributed by atoms with E-state index < -0.39 is 0 Å². The summed E-state index contributed by atoms with van der Waals surface area (Å²) >= 11 is 5.98. The number of hydrogen-bond donors (Lipinski definition) is 1. The number of carbonyl (C=O) groups is 1. The zero-order chi connectivity index (χ0) is 16.7. The van der Waals surface area contributed by atoms with E-state index in [1.54, 1.807) is 0 Å². The summed E-state index contributed by atoms with van der Waals surface area (Å²) in [4.78, 5) is 18.7. The molecule has 4 rings (SSSR count). The molecule has 1 saturated carbocycles. The number of fused-ring (bicyclic) bond motifs is 1. The van der Waals surface area contributed by atoms with Crippen LogP contribution in [-0.4, -0.2) is 22.5 Å². The van der Waals surface area contributed by atoms with Gasteiger partial charge >= 0.3 is 5.97 Å². The molecule has 4 nitrogen and oxygen atoms in total. The lowest BCUT2D eigenvalue weighted by Gasteiger charge is -2.15. The van der Waals surface area contributed by atoms with E-state index in [1.807, 2.05) is 18.2 Å². The van der Waals surface area contributed by atoms with Crippen LogP contribution in [0.2, 0.25) is 5.15 Å². The normalized spacial score (nSPS) is 15.4. The molecule has 0 bridgehead atoms. The van der Waals surface area contributed by atoms with Crippen LogP contribution in [0.4, 0.5) is 0 Å². The predicted molar refractivity (Wildman–Crippen MR) is 94.1 cm³/mol. The van der Waals surface area contributed by atoms with Crippen molar-refractivity contribution in [2.45, 2.75) is 25.2 Å². The number of carbonyl (C=O) groups excluding carboxylic acids is 1. The van der Waals surface area contributed by atoms with Crippen LogP contribution in [0.5, 0.6) is 0 Å². The van der Waals surface area contributed by atoms with Crippen LogP contribution in [0.1, 0.15) is 25.3 Å². The van der Waals surface area contributed by atoms with Crippen molar-refractivity contribution in [3.63, 3.8) is 0 Å². The fourth-order valence-electron chi connectivity index (χ4n) is 3.03. The van der Waals surface area contributed by atoms with Gasteiger partial charge in [-0.2, -0.15) is 0 Å². The number of benzene rings is 1. The van der Waals surface area contributed by atoms with Crippen LogP contribution >= 0.6 is 11.6 Å². The maximum Gasteiger partial charge on any atom is 0.302 e. The smallest absolute Gasteiger partial charge is 0.302 e. The van der Waals surface area contributed by atoms with E-state index in [2.05, 4.69) is 34.2 Å². The highest BCUT2D eigenvalue weighted by atomic mass is 35.5. The first-order chi connectivity index (χ1) is 11.6. The first-order valence-corrected chi connectivity index (χ1v) is 8.33. The molecule has 24 heavy (non-hydrogen) atoms. The van der Waals surface area contributed by atoms with Gasteiger partial charge in [0.15, 0.2) is 0 Å². The second-order valence-electron chi connectivity index (χ2n) is 6.39. The highest BCUT2D eigenvalue weighted by Crippen LogP contribution is 2.48. The van der Waals surface area contributed by atoms with Crippen molar-refractivity contribution < 1.29 is 9.53 Å². The number of ether oxygens (including phenoxy) is 1. The van der Waals surface area contributed by atoms with Gasteiger partial charge in [-0.15, -0.1) is 0 Å². The lowest BCUT2D eigenvalue weighted by atomic mass is 9.95. The maximum absolute atomic E-state index is 11.1. The highest BCUT2D eigenvalue weighted by molar-refractivity contribution is 6.30. The fourth-order valence-corrected chi connectivity index (χ4v) is 3.24. The van der Waals surface area contributed by atoms with E-state index in [0.29, 0.717) is 11.8 Å². The molecule has 2 heterocycles. The molecule has 0 amide bonds. The van der Waals surface area contributed by atoms with Gasteiger partial charge in [-0.05, 0) is 36.6 Å². The van der Waals surface area contributed by atoms with Gasteiger partial charge in [-0.1, -0.05) is 35.9 Å².